The van der Waals surface area contributed by atoms with Gasteiger partial charge in [-0.05, 0) is 39.9 Å². The normalized spacial score (nSPS) is 20.3. The van der Waals surface area contributed by atoms with Gasteiger partial charge in [0.15, 0.2) is 0 Å². The average molecular weight is 186 g/mol. The first-order valence-corrected chi connectivity index (χ1v) is 5.26. The molecule has 0 spiro atoms. The van der Waals surface area contributed by atoms with Crippen molar-refractivity contribution in [3.63, 3.8) is 0 Å². The molecule has 0 aliphatic heterocycles. The summed E-state index contributed by atoms with van der Waals surface area (Å²) < 4.78 is 0. The van der Waals surface area contributed by atoms with Crippen LogP contribution in [0.4, 0.5) is 0 Å². The van der Waals surface area contributed by atoms with E-state index in [2.05, 4.69) is 17.3 Å². The fourth-order valence-electron chi connectivity index (χ4n) is 1.70. The maximum Gasteiger partial charge on any atom is 0.0585 e. The summed E-state index contributed by atoms with van der Waals surface area (Å²) in [7, 11) is 4.10. The van der Waals surface area contributed by atoms with Gasteiger partial charge >= 0.3 is 0 Å². The predicted octanol–water partition coefficient (Wildman–Crippen LogP) is 0.441. The van der Waals surface area contributed by atoms with E-state index in [0.717, 1.165) is 19.0 Å². The van der Waals surface area contributed by atoms with Gasteiger partial charge < -0.3 is 15.3 Å². The van der Waals surface area contributed by atoms with Gasteiger partial charge in [-0.3, -0.25) is 0 Å². The molecule has 1 aliphatic carbocycles. The molecule has 1 aliphatic rings. The van der Waals surface area contributed by atoms with Crippen LogP contribution < -0.4 is 5.32 Å². The molecule has 3 nitrogen and oxygen atoms in total. The van der Waals surface area contributed by atoms with Crippen molar-refractivity contribution in [3.8, 4) is 0 Å². The third-order valence-electron chi connectivity index (χ3n) is 3.16. The topological polar surface area (TPSA) is 35.5 Å². The summed E-state index contributed by atoms with van der Waals surface area (Å²) in [5, 5.41) is 12.1. The molecule has 3 heteroatoms. The summed E-state index contributed by atoms with van der Waals surface area (Å²) >= 11 is 0. The van der Waals surface area contributed by atoms with Gasteiger partial charge in [-0.15, -0.1) is 0 Å². The standard InChI is InChI=1S/C10H22N2O/c1-11-9(8-13)6-7-12(2)10-4-3-5-10/h9-11,13H,3-8H2,1-2H3. The van der Waals surface area contributed by atoms with E-state index < -0.39 is 0 Å². The van der Waals surface area contributed by atoms with Gasteiger partial charge in [-0.1, -0.05) is 6.42 Å². The highest BCUT2D eigenvalue weighted by Gasteiger charge is 2.21. The fourth-order valence-corrected chi connectivity index (χ4v) is 1.70. The van der Waals surface area contributed by atoms with E-state index in [1.54, 1.807) is 0 Å². The van der Waals surface area contributed by atoms with Gasteiger partial charge in [-0.25, -0.2) is 0 Å². The number of hydrogen-bond donors (Lipinski definition) is 2. The molecule has 1 saturated carbocycles. The quantitative estimate of drug-likeness (QED) is 0.632. The second-order valence-electron chi connectivity index (χ2n) is 4.02. The van der Waals surface area contributed by atoms with Crippen LogP contribution in [0.1, 0.15) is 25.7 Å². The average Bonchev–Trinajstić information content (AvgIpc) is 2.03. The molecule has 2 N–H and O–H groups in total. The van der Waals surface area contributed by atoms with Crippen LogP contribution in [0.25, 0.3) is 0 Å². The first-order chi connectivity index (χ1) is 6.27. The molecular weight excluding hydrogens is 164 g/mol. The van der Waals surface area contributed by atoms with E-state index in [9.17, 15) is 0 Å². The molecule has 1 rings (SSSR count). The van der Waals surface area contributed by atoms with Gasteiger partial charge in [0, 0.05) is 12.1 Å². The Balaban J connectivity index is 2.09. The van der Waals surface area contributed by atoms with E-state index in [0.29, 0.717) is 0 Å². The predicted molar refractivity (Wildman–Crippen MR) is 54.8 cm³/mol. The molecule has 0 aromatic rings. The Morgan fingerprint density at radius 2 is 2.23 bits per heavy atom. The van der Waals surface area contributed by atoms with Crippen LogP contribution in [-0.4, -0.2) is 49.3 Å². The number of likely N-dealkylation sites (N-methyl/N-ethyl adjacent to an activating group) is 1. The van der Waals surface area contributed by atoms with Gasteiger partial charge in [-0.2, -0.15) is 0 Å². The highest BCUT2D eigenvalue weighted by Crippen LogP contribution is 2.23. The molecule has 0 aromatic carbocycles. The zero-order chi connectivity index (χ0) is 9.68. The van der Waals surface area contributed by atoms with Crippen LogP contribution in [0.2, 0.25) is 0 Å². The summed E-state index contributed by atoms with van der Waals surface area (Å²) in [4.78, 5) is 2.42. The molecule has 0 bridgehead atoms. The second kappa shape index (κ2) is 5.58. The molecule has 78 valence electrons. The molecule has 1 unspecified atom stereocenters. The van der Waals surface area contributed by atoms with E-state index in [4.69, 9.17) is 5.11 Å². The summed E-state index contributed by atoms with van der Waals surface area (Å²) in [5.74, 6) is 0. The Morgan fingerprint density at radius 3 is 2.62 bits per heavy atom. The van der Waals surface area contributed by atoms with Crippen LogP contribution in [0.5, 0.6) is 0 Å². The van der Waals surface area contributed by atoms with Gasteiger partial charge in [0.25, 0.3) is 0 Å². The number of aliphatic hydroxyl groups excluding tert-OH is 1. The lowest BCUT2D eigenvalue weighted by molar-refractivity contribution is 0.145. The molecule has 13 heavy (non-hydrogen) atoms. The van der Waals surface area contributed by atoms with Crippen LogP contribution in [0.3, 0.4) is 0 Å². The van der Waals surface area contributed by atoms with E-state index in [1.807, 2.05) is 7.05 Å². The largest absolute Gasteiger partial charge is 0.395 e. The van der Waals surface area contributed by atoms with Crippen molar-refractivity contribution in [2.75, 3.05) is 27.2 Å². The van der Waals surface area contributed by atoms with Crippen molar-refractivity contribution in [1.29, 1.82) is 0 Å². The number of nitrogens with zero attached hydrogens (tertiary/aromatic N) is 1. The molecule has 0 radical (unpaired) electrons. The monoisotopic (exact) mass is 186 g/mol. The first-order valence-electron chi connectivity index (χ1n) is 5.26. The van der Waals surface area contributed by atoms with Crippen LogP contribution >= 0.6 is 0 Å². The van der Waals surface area contributed by atoms with Gasteiger partial charge in [0.05, 0.1) is 6.61 Å². The van der Waals surface area contributed by atoms with Crippen LogP contribution in [-0.2, 0) is 0 Å². The van der Waals surface area contributed by atoms with Gasteiger partial charge in [0.2, 0.25) is 0 Å². The number of nitrogens with one attached hydrogen (secondary N) is 1. The zero-order valence-corrected chi connectivity index (χ0v) is 8.79. The van der Waals surface area contributed by atoms with Crippen LogP contribution in [0, 0.1) is 0 Å². The first kappa shape index (κ1) is 11.0. The Kier molecular flexibility index (Phi) is 4.70. The van der Waals surface area contributed by atoms with Crippen LogP contribution in [0.15, 0.2) is 0 Å². The molecule has 1 atom stereocenters. The SMILES string of the molecule is CNC(CO)CCN(C)C1CCC1. The van der Waals surface area contributed by atoms with E-state index in [1.165, 1.54) is 19.3 Å². The number of aliphatic hydroxyl groups is 1. The summed E-state index contributed by atoms with van der Waals surface area (Å²) in [5.41, 5.74) is 0. The van der Waals surface area contributed by atoms with Crippen molar-refractivity contribution in [3.05, 3.63) is 0 Å². The summed E-state index contributed by atoms with van der Waals surface area (Å²) in [6, 6.07) is 1.08. The number of rotatable bonds is 6. The summed E-state index contributed by atoms with van der Waals surface area (Å²) in [6.45, 7) is 1.34. The van der Waals surface area contributed by atoms with Crippen molar-refractivity contribution >= 4 is 0 Å². The minimum Gasteiger partial charge on any atom is -0.395 e. The third-order valence-corrected chi connectivity index (χ3v) is 3.16. The maximum atomic E-state index is 8.97. The molecule has 1 fully saturated rings. The minimum atomic E-state index is 0.245. The lowest BCUT2D eigenvalue weighted by Gasteiger charge is -2.35. The molecule has 0 aromatic heterocycles. The van der Waals surface area contributed by atoms with Crippen molar-refractivity contribution in [2.45, 2.75) is 37.8 Å². The lowest BCUT2D eigenvalue weighted by atomic mass is 9.92. The Bertz CT molecular complexity index is 133. The fraction of sp³-hybridized carbons (Fsp3) is 1.00. The maximum absolute atomic E-state index is 8.97. The molecule has 0 heterocycles. The minimum absolute atomic E-state index is 0.245. The second-order valence-corrected chi connectivity index (χ2v) is 4.02. The molecule has 0 saturated heterocycles. The number of hydrogen-bond acceptors (Lipinski definition) is 3. The Labute approximate surface area is 81.1 Å². The van der Waals surface area contributed by atoms with E-state index >= 15 is 0 Å². The van der Waals surface area contributed by atoms with Crippen molar-refractivity contribution < 1.29 is 5.11 Å². The van der Waals surface area contributed by atoms with Gasteiger partial charge in [0.1, 0.15) is 0 Å². The third kappa shape index (κ3) is 3.25. The van der Waals surface area contributed by atoms with E-state index in [-0.39, 0.29) is 12.6 Å². The summed E-state index contributed by atoms with van der Waals surface area (Å²) in [6.07, 6.45) is 5.16. The highest BCUT2D eigenvalue weighted by molar-refractivity contribution is 4.78. The smallest absolute Gasteiger partial charge is 0.0585 e. The Hall–Kier alpha value is -0.120. The molecule has 0 amide bonds. The lowest BCUT2D eigenvalue weighted by Crippen LogP contribution is -2.40. The van der Waals surface area contributed by atoms with Crippen molar-refractivity contribution in [2.24, 2.45) is 0 Å². The van der Waals surface area contributed by atoms with Crippen molar-refractivity contribution in [1.82, 2.24) is 10.2 Å². The highest BCUT2D eigenvalue weighted by atomic mass is 16.3. The zero-order valence-electron chi connectivity index (χ0n) is 8.79. The molecular formula is C10H22N2O. The Morgan fingerprint density at radius 1 is 1.54 bits per heavy atom.